The van der Waals surface area contributed by atoms with E-state index < -0.39 is 5.23 Å². The third kappa shape index (κ3) is 1.81. The Bertz CT molecular complexity index is 496. The molecule has 1 aromatic heterocycles. The number of benzene rings is 1. The van der Waals surface area contributed by atoms with Crippen molar-refractivity contribution in [2.75, 3.05) is 0 Å². The molecule has 5 nitrogen and oxygen atoms in total. The van der Waals surface area contributed by atoms with Crippen LogP contribution < -0.4 is 5.23 Å². The van der Waals surface area contributed by atoms with Gasteiger partial charge in [-0.15, -0.1) is 0 Å². The van der Waals surface area contributed by atoms with Gasteiger partial charge in [0.25, 0.3) is 0 Å². The Hall–Kier alpha value is -1.40. The largest absolute Gasteiger partial charge is 0.595 e. The van der Waals surface area contributed by atoms with E-state index in [-0.39, 0.29) is 10.8 Å². The van der Waals surface area contributed by atoms with E-state index in [4.69, 9.17) is 16.8 Å². The van der Waals surface area contributed by atoms with Crippen LogP contribution in [-0.4, -0.2) is 15.0 Å². The van der Waals surface area contributed by atoms with Crippen LogP contribution in [0.2, 0.25) is 5.15 Å². The predicted molar refractivity (Wildman–Crippen MR) is 59.1 cm³/mol. The number of nitrogens with zero attached hydrogens (tertiary/aromatic N) is 2. The number of nitrogens with one attached hydrogen (secondary N) is 1. The van der Waals surface area contributed by atoms with Gasteiger partial charge in [0.05, 0.1) is 5.69 Å². The highest BCUT2D eigenvalue weighted by Gasteiger charge is 2.20. The average Bonchev–Trinajstić information content (AvgIpc) is 2.55. The summed E-state index contributed by atoms with van der Waals surface area (Å²) < 4.78 is 1.42. The molecular weight excluding hydrogens is 230 g/mol. The van der Waals surface area contributed by atoms with E-state index in [0.717, 1.165) is 5.69 Å². The molecule has 84 valence electrons. The zero-order chi connectivity index (χ0) is 11.7. The van der Waals surface area contributed by atoms with Gasteiger partial charge in [-0.3, -0.25) is 0 Å². The molecule has 0 bridgehead atoms. The minimum Gasteiger partial charge on any atom is -0.595 e. The molecule has 0 aliphatic heterocycles. The summed E-state index contributed by atoms with van der Waals surface area (Å²) in [5, 5.41) is 23.1. The van der Waals surface area contributed by atoms with Crippen LogP contribution in [0.3, 0.4) is 0 Å². The molecule has 0 radical (unpaired) electrons. The summed E-state index contributed by atoms with van der Waals surface area (Å²) in [6, 6.07) is 9.16. The molecule has 2 aromatic rings. The van der Waals surface area contributed by atoms with Crippen molar-refractivity contribution in [3.63, 3.8) is 0 Å². The molecule has 1 heterocycles. The topological polar surface area (TPSA) is 65.5 Å². The average molecular weight is 240 g/mol. The Morgan fingerprint density at radius 2 is 2.00 bits per heavy atom. The minimum atomic E-state index is -1.07. The van der Waals surface area contributed by atoms with E-state index in [1.54, 1.807) is 6.92 Å². The molecule has 1 aromatic carbocycles. The van der Waals surface area contributed by atoms with Gasteiger partial charge in [0.15, 0.2) is 5.15 Å². The van der Waals surface area contributed by atoms with Crippen LogP contribution in [0.5, 0.6) is 0 Å². The van der Waals surface area contributed by atoms with Crippen molar-refractivity contribution in [3.8, 4) is 5.69 Å². The van der Waals surface area contributed by atoms with Gasteiger partial charge in [0.1, 0.15) is 5.69 Å². The summed E-state index contributed by atoms with van der Waals surface area (Å²) >= 11 is 5.98. The van der Waals surface area contributed by atoms with Gasteiger partial charge < -0.3 is 5.21 Å². The van der Waals surface area contributed by atoms with E-state index in [2.05, 4.69) is 5.10 Å². The number of halogens is 1. The molecule has 0 aliphatic carbocycles. The zero-order valence-electron chi connectivity index (χ0n) is 8.51. The Balaban J connectivity index is 2.56. The second-order valence-electron chi connectivity index (χ2n) is 3.30. The molecule has 0 amide bonds. The molecule has 1 unspecified atom stereocenters. The lowest BCUT2D eigenvalue weighted by molar-refractivity contribution is -0.991. The lowest BCUT2D eigenvalue weighted by Gasteiger charge is -2.10. The van der Waals surface area contributed by atoms with E-state index in [1.165, 1.54) is 4.68 Å². The smallest absolute Gasteiger partial charge is 0.224 e. The number of aryl methyl sites for hydroxylation is 1. The van der Waals surface area contributed by atoms with Crippen molar-refractivity contribution in [2.24, 2.45) is 0 Å². The fraction of sp³-hybridized carbons (Fsp3) is 0.100. The highest BCUT2D eigenvalue weighted by atomic mass is 35.5. The SMILES string of the molecule is Cc1nn(-c2ccccc2)c(Cl)c1[NH+]([O-])O. The van der Waals surface area contributed by atoms with Gasteiger partial charge in [-0.05, 0) is 19.1 Å². The van der Waals surface area contributed by atoms with Crippen LogP contribution in [0, 0.1) is 12.1 Å². The number of para-hydroxylation sites is 1. The molecule has 0 aliphatic rings. The normalized spacial score (nSPS) is 12.8. The van der Waals surface area contributed by atoms with Crippen LogP contribution in [0.4, 0.5) is 5.69 Å². The number of rotatable bonds is 2. The molecule has 1 atom stereocenters. The zero-order valence-corrected chi connectivity index (χ0v) is 9.27. The molecule has 16 heavy (non-hydrogen) atoms. The summed E-state index contributed by atoms with van der Waals surface area (Å²) in [6.45, 7) is 1.62. The first-order chi connectivity index (χ1) is 7.61. The van der Waals surface area contributed by atoms with Crippen molar-refractivity contribution in [3.05, 3.63) is 46.4 Å². The van der Waals surface area contributed by atoms with Crippen molar-refractivity contribution in [1.82, 2.24) is 9.78 Å². The molecule has 0 saturated heterocycles. The summed E-state index contributed by atoms with van der Waals surface area (Å²) in [5.74, 6) is 0. The van der Waals surface area contributed by atoms with Crippen molar-refractivity contribution >= 4 is 17.3 Å². The van der Waals surface area contributed by atoms with E-state index in [9.17, 15) is 5.21 Å². The Labute approximate surface area is 97.0 Å². The second kappa shape index (κ2) is 4.23. The first kappa shape index (κ1) is 11.1. The quantitative estimate of drug-likeness (QED) is 0.775. The van der Waals surface area contributed by atoms with Crippen LogP contribution >= 0.6 is 11.6 Å². The second-order valence-corrected chi connectivity index (χ2v) is 3.66. The summed E-state index contributed by atoms with van der Waals surface area (Å²) in [4.78, 5) is 0. The van der Waals surface area contributed by atoms with Crippen molar-refractivity contribution in [1.29, 1.82) is 0 Å². The molecule has 6 heteroatoms. The highest BCUT2D eigenvalue weighted by molar-refractivity contribution is 6.32. The van der Waals surface area contributed by atoms with Gasteiger partial charge >= 0.3 is 0 Å². The molecule has 0 saturated carbocycles. The maximum absolute atomic E-state index is 10.9. The van der Waals surface area contributed by atoms with Gasteiger partial charge in [0.2, 0.25) is 5.69 Å². The molecule has 2 rings (SSSR count). The lowest BCUT2D eigenvalue weighted by Crippen LogP contribution is -2.99. The first-order valence-electron chi connectivity index (χ1n) is 4.65. The summed E-state index contributed by atoms with van der Waals surface area (Å²) in [6.07, 6.45) is 0. The molecular formula is C10H10ClN3O2. The van der Waals surface area contributed by atoms with Gasteiger partial charge in [0, 0.05) is 0 Å². The van der Waals surface area contributed by atoms with E-state index >= 15 is 0 Å². The van der Waals surface area contributed by atoms with Crippen LogP contribution in [0.15, 0.2) is 30.3 Å². The first-order valence-corrected chi connectivity index (χ1v) is 5.03. The number of hydrogen-bond acceptors (Lipinski definition) is 3. The van der Waals surface area contributed by atoms with Crippen LogP contribution in [-0.2, 0) is 0 Å². The van der Waals surface area contributed by atoms with E-state index in [1.807, 2.05) is 30.3 Å². The fourth-order valence-corrected chi connectivity index (χ4v) is 1.84. The number of quaternary nitrogens is 1. The Morgan fingerprint density at radius 3 is 2.50 bits per heavy atom. The third-order valence-electron chi connectivity index (χ3n) is 2.22. The summed E-state index contributed by atoms with van der Waals surface area (Å²) in [5.41, 5.74) is 1.19. The van der Waals surface area contributed by atoms with E-state index in [0.29, 0.717) is 5.69 Å². The molecule has 2 N–H and O–H groups in total. The maximum Gasteiger partial charge on any atom is 0.224 e. The van der Waals surface area contributed by atoms with Crippen molar-refractivity contribution in [2.45, 2.75) is 6.92 Å². The fourth-order valence-electron chi connectivity index (χ4n) is 1.48. The minimum absolute atomic E-state index is 0.0468. The van der Waals surface area contributed by atoms with Gasteiger partial charge in [-0.25, -0.2) is 9.89 Å². The monoisotopic (exact) mass is 239 g/mol. The predicted octanol–water partition coefficient (Wildman–Crippen LogP) is 1.24. The maximum atomic E-state index is 10.9. The number of hydrogen-bond donors (Lipinski definition) is 2. The number of aromatic nitrogens is 2. The standard InChI is InChI=1S/C10H10ClN3O2/c1-7-9(14(15)16)10(11)13(12-7)8-5-3-2-4-6-8/h2-6,14-15H,1H3. The lowest BCUT2D eigenvalue weighted by atomic mass is 10.3. The molecule has 0 spiro atoms. The van der Waals surface area contributed by atoms with Crippen LogP contribution in [0.25, 0.3) is 5.69 Å². The Kier molecular flexibility index (Phi) is 2.93. The summed E-state index contributed by atoms with van der Waals surface area (Å²) in [7, 11) is 0. The van der Waals surface area contributed by atoms with Gasteiger partial charge in [-0.1, -0.05) is 29.8 Å². The highest BCUT2D eigenvalue weighted by Crippen LogP contribution is 2.24. The Morgan fingerprint density at radius 1 is 1.38 bits per heavy atom. The third-order valence-corrected chi connectivity index (χ3v) is 2.57. The van der Waals surface area contributed by atoms with Crippen LogP contribution in [0.1, 0.15) is 5.69 Å². The van der Waals surface area contributed by atoms with Crippen molar-refractivity contribution < 1.29 is 10.4 Å². The van der Waals surface area contributed by atoms with Gasteiger partial charge in [-0.2, -0.15) is 10.3 Å². The molecule has 0 fully saturated rings.